The van der Waals surface area contributed by atoms with Crippen LogP contribution in [-0.4, -0.2) is 306 Å². The second-order valence-corrected chi connectivity index (χ2v) is 42.7. The Balaban J connectivity index is 0.000000148. The average Bonchev–Trinajstić information content (AvgIpc) is 1.72. The molecule has 4 N–H and O–H groups in total. The van der Waals surface area contributed by atoms with Gasteiger partial charge in [-0.15, -0.1) is 20.4 Å². The van der Waals surface area contributed by atoms with Crippen LogP contribution in [0.2, 0.25) is 0 Å². The van der Waals surface area contributed by atoms with Gasteiger partial charge in [0.05, 0.1) is 91.0 Å². The number of nitrogens with zero attached hydrogens (tertiary/aromatic N) is 20. The SMILES string of the molecule is CCCc1nc(C)c2c(=O)[nH]c(-c3cc(S(=O)(=O)N4CCN(C5CCCC5)CC4)ccc3OCC)nn12.CCCc1nc(C)c2c(=O)[nH]c(-c3cc(S(=O)(=O)N4CCN(CC)CC4)ccc3OCC)nn12.CCCc1nc(C)c2c(=O)[nH]c(-c3cc(S(=O)(=O)N4CCN(CC)CC4)ccc3OCC)nn12.CCCc1nc(C)c2c(=O)[nH]c(-c3cc(S(=O)(=O)N4CCN(CC)CC4)ccc3OCC)nn12. The Morgan fingerprint density at radius 2 is 0.525 bits per heavy atom. The molecule has 44 heteroatoms. The lowest BCUT2D eigenvalue weighted by Gasteiger charge is -2.37. The summed E-state index contributed by atoms with van der Waals surface area (Å²) in [6, 6.07) is 19.5. The molecule has 0 amide bonds. The first kappa shape index (κ1) is 104. The zero-order chi connectivity index (χ0) is 99.5. The number of aromatic nitrogens is 16. The Bertz CT molecular complexity index is 6640. The van der Waals surface area contributed by atoms with Gasteiger partial charge in [0.25, 0.3) is 22.2 Å². The van der Waals surface area contributed by atoms with E-state index >= 15 is 0 Å². The highest BCUT2D eigenvalue weighted by molar-refractivity contribution is 7.90. The molecular formula is C95H132N24O16S4. The second-order valence-electron chi connectivity index (χ2n) is 35.0. The van der Waals surface area contributed by atoms with Crippen molar-refractivity contribution in [1.29, 1.82) is 0 Å². The highest BCUT2D eigenvalue weighted by Gasteiger charge is 2.37. The maximum Gasteiger partial charge on any atom is 0.277 e. The number of imidazole rings is 4. The Morgan fingerprint density at radius 1 is 0.309 bits per heavy atom. The summed E-state index contributed by atoms with van der Waals surface area (Å²) in [4.78, 5) is 90.9. The van der Waals surface area contributed by atoms with Crippen molar-refractivity contribution in [2.45, 2.75) is 207 Å². The van der Waals surface area contributed by atoms with Crippen molar-refractivity contribution in [1.82, 2.24) is 115 Å². The number of ether oxygens (including phenoxy) is 4. The number of fused-ring (bicyclic) bond motifs is 4. The number of nitrogens with one attached hydrogen (secondary N) is 4. The van der Waals surface area contributed by atoms with Gasteiger partial charge >= 0.3 is 0 Å². The summed E-state index contributed by atoms with van der Waals surface area (Å²) >= 11 is 0. The molecule has 17 rings (SSSR count). The molecule has 1 saturated carbocycles. The van der Waals surface area contributed by atoms with Crippen LogP contribution in [0.3, 0.4) is 0 Å². The van der Waals surface area contributed by atoms with Crippen LogP contribution in [0.25, 0.3) is 67.6 Å². The van der Waals surface area contributed by atoms with Crippen molar-refractivity contribution in [3.8, 4) is 68.5 Å². The fourth-order valence-corrected chi connectivity index (χ4v) is 24.3. The molecule has 752 valence electrons. The molecule has 0 atom stereocenters. The molecule has 4 saturated heterocycles. The van der Waals surface area contributed by atoms with Crippen LogP contribution >= 0.6 is 0 Å². The zero-order valence-electron chi connectivity index (χ0n) is 82.4. The van der Waals surface area contributed by atoms with Crippen LogP contribution in [0.15, 0.2) is 112 Å². The number of H-pyrrole nitrogens is 4. The first-order valence-electron chi connectivity index (χ1n) is 48.7. The van der Waals surface area contributed by atoms with E-state index in [1.807, 2.05) is 55.4 Å². The van der Waals surface area contributed by atoms with E-state index in [-0.39, 0.29) is 65.1 Å². The van der Waals surface area contributed by atoms with Gasteiger partial charge in [-0.05, 0) is 186 Å². The normalized spacial score (nSPS) is 16.4. The van der Waals surface area contributed by atoms with Crippen molar-refractivity contribution in [2.75, 3.05) is 151 Å². The predicted octanol–water partition coefficient (Wildman–Crippen LogP) is 9.20. The number of hydrogen-bond acceptors (Lipinski definition) is 28. The molecule has 139 heavy (non-hydrogen) atoms. The molecule has 0 spiro atoms. The summed E-state index contributed by atoms with van der Waals surface area (Å²) < 4.78 is 143. The molecule has 5 fully saturated rings. The average molecular weight is 1990 g/mol. The van der Waals surface area contributed by atoms with Gasteiger partial charge in [0.15, 0.2) is 45.4 Å². The van der Waals surface area contributed by atoms with E-state index in [9.17, 15) is 52.8 Å². The zero-order valence-corrected chi connectivity index (χ0v) is 85.6. The van der Waals surface area contributed by atoms with E-state index in [4.69, 9.17) is 18.9 Å². The van der Waals surface area contributed by atoms with Gasteiger partial charge in [-0.25, -0.2) is 71.7 Å². The molecule has 0 radical (unpaired) electrons. The summed E-state index contributed by atoms with van der Waals surface area (Å²) in [6.45, 7) is 42.4. The fraction of sp³-hybridized carbons (Fsp3) is 0.537. The van der Waals surface area contributed by atoms with Crippen LogP contribution < -0.4 is 41.2 Å². The molecule has 8 aromatic heterocycles. The third-order valence-corrected chi connectivity index (χ3v) is 33.5. The Kier molecular flexibility index (Phi) is 33.8. The molecule has 12 heterocycles. The van der Waals surface area contributed by atoms with Crippen LogP contribution in [0.5, 0.6) is 23.0 Å². The van der Waals surface area contributed by atoms with E-state index in [0.717, 1.165) is 58.4 Å². The van der Waals surface area contributed by atoms with Gasteiger partial charge in [-0.3, -0.25) is 24.1 Å². The molecule has 0 unspecified atom stereocenters. The van der Waals surface area contributed by atoms with Crippen molar-refractivity contribution in [3.05, 3.63) is 160 Å². The number of hydrogen-bond donors (Lipinski definition) is 4. The quantitative estimate of drug-likeness (QED) is 0.0305. The highest BCUT2D eigenvalue weighted by atomic mass is 32.2. The first-order chi connectivity index (χ1) is 66.7. The Morgan fingerprint density at radius 3 is 0.727 bits per heavy atom. The fourth-order valence-electron chi connectivity index (χ4n) is 18.5. The van der Waals surface area contributed by atoms with Crippen molar-refractivity contribution >= 4 is 62.2 Å². The molecule has 0 bridgehead atoms. The van der Waals surface area contributed by atoms with Crippen LogP contribution in [0, 0.1) is 27.7 Å². The number of aryl methyl sites for hydroxylation is 8. The number of aromatic amines is 4. The van der Waals surface area contributed by atoms with Gasteiger partial charge in [0, 0.05) is 136 Å². The standard InChI is InChI=1S/C26H36N6O4S.3C23H32N6O4S/c1-4-8-23-27-18(3)24-26(33)28-25(29-32(23)24)21-17-20(11-12-22(21)36-5-2)37(34,35)31-15-13-30(14-16-31)19-9-6-7-10-19;3*1-5-8-20-24-16(4)21-23(30)25-22(26-29(20)21)18-15-17(9-10-19(18)33-7-3)34(31,32)28-13-11-27(6-2)12-14-28/h11-12,17,19H,4-10,13-16H2,1-3H3,(H,28,29,33);3*9-10,15H,5-8,11-14H2,1-4H3,(H,25,26,30). The number of likely N-dealkylation sites (N-methyl/N-ethyl adjacent to an activating group) is 3. The Hall–Kier alpha value is -11.0. The van der Waals surface area contributed by atoms with Crippen molar-refractivity contribution in [2.24, 2.45) is 0 Å². The second kappa shape index (κ2) is 45.3. The number of benzene rings is 4. The third kappa shape index (κ3) is 22.3. The summed E-state index contributed by atoms with van der Waals surface area (Å²) in [5, 5.41) is 18.6. The summed E-state index contributed by atoms with van der Waals surface area (Å²) in [5.41, 5.74) is 4.38. The molecule has 1 aliphatic carbocycles. The third-order valence-electron chi connectivity index (χ3n) is 25.9. The van der Waals surface area contributed by atoms with Crippen LogP contribution in [-0.2, 0) is 65.8 Å². The topological polar surface area (TPSA) is 452 Å². The van der Waals surface area contributed by atoms with E-state index in [2.05, 4.69) is 101 Å². The molecule has 4 aliphatic heterocycles. The molecular weight excluding hydrogens is 1860 g/mol. The molecule has 12 aromatic rings. The first-order valence-corrected chi connectivity index (χ1v) is 54.4. The highest BCUT2D eigenvalue weighted by Crippen LogP contribution is 2.38. The molecule has 4 aromatic carbocycles. The van der Waals surface area contributed by atoms with Crippen LogP contribution in [0.1, 0.15) is 174 Å². The smallest absolute Gasteiger partial charge is 0.277 e. The minimum Gasteiger partial charge on any atom is -0.493 e. The van der Waals surface area contributed by atoms with E-state index in [0.29, 0.717) is 263 Å². The summed E-state index contributed by atoms with van der Waals surface area (Å²) in [6.07, 6.45) is 11.0. The Labute approximate surface area is 811 Å². The predicted molar refractivity (Wildman–Crippen MR) is 531 cm³/mol. The van der Waals surface area contributed by atoms with Crippen LogP contribution in [0.4, 0.5) is 0 Å². The minimum atomic E-state index is -3.72. The summed E-state index contributed by atoms with van der Waals surface area (Å²) in [7, 11) is -14.9. The van der Waals surface area contributed by atoms with Gasteiger partial charge in [-0.2, -0.15) is 17.2 Å². The monoisotopic (exact) mass is 1990 g/mol. The van der Waals surface area contributed by atoms with E-state index in [1.54, 1.807) is 123 Å². The van der Waals surface area contributed by atoms with Gasteiger partial charge < -0.3 is 53.6 Å². The van der Waals surface area contributed by atoms with Gasteiger partial charge in [-0.1, -0.05) is 61.3 Å². The maximum absolute atomic E-state index is 13.6. The lowest BCUT2D eigenvalue weighted by molar-refractivity contribution is 0.139. The minimum absolute atomic E-state index is 0.147. The van der Waals surface area contributed by atoms with E-state index < -0.39 is 40.1 Å². The summed E-state index contributed by atoms with van der Waals surface area (Å²) in [5.74, 6) is 5.56. The van der Waals surface area contributed by atoms with Crippen molar-refractivity contribution < 1.29 is 52.6 Å². The number of sulfonamides is 4. The van der Waals surface area contributed by atoms with Crippen molar-refractivity contribution in [3.63, 3.8) is 0 Å². The lowest BCUT2D eigenvalue weighted by atomic mass is 10.2. The maximum atomic E-state index is 13.6. The van der Waals surface area contributed by atoms with E-state index in [1.165, 1.54) is 38.6 Å². The largest absolute Gasteiger partial charge is 0.493 e. The number of piperazine rings is 4. The van der Waals surface area contributed by atoms with Gasteiger partial charge in [0.2, 0.25) is 40.1 Å². The lowest BCUT2D eigenvalue weighted by Crippen LogP contribution is -2.51. The molecule has 5 aliphatic rings. The number of rotatable bonds is 32. The van der Waals surface area contributed by atoms with Gasteiger partial charge in [0.1, 0.15) is 46.3 Å². The molecule has 40 nitrogen and oxygen atoms in total.